The van der Waals surface area contributed by atoms with E-state index >= 15 is 0 Å². The van der Waals surface area contributed by atoms with E-state index in [1.807, 2.05) is 24.3 Å². The maximum Gasteiger partial charge on any atom is 0.472 e. The fourth-order valence-corrected chi connectivity index (χ4v) is 7.37. The van der Waals surface area contributed by atoms with Gasteiger partial charge in [0, 0.05) is 12.8 Å². The second-order valence-electron chi connectivity index (χ2n) is 15.5. The van der Waals surface area contributed by atoms with Crippen LogP contribution < -0.4 is 0 Å². The van der Waals surface area contributed by atoms with Crippen molar-refractivity contribution in [3.05, 3.63) is 72.9 Å². The molecule has 8 atom stereocenters. The topological polar surface area (TPSA) is 210 Å². The number of phosphoric acid groups is 1. The van der Waals surface area contributed by atoms with Crippen LogP contribution in [0.1, 0.15) is 155 Å². The van der Waals surface area contributed by atoms with E-state index in [9.17, 15) is 44.6 Å². The van der Waals surface area contributed by atoms with Gasteiger partial charge in [-0.3, -0.25) is 18.6 Å². The summed E-state index contributed by atoms with van der Waals surface area (Å²) in [6.07, 6.45) is 32.6. The zero-order valence-electron chi connectivity index (χ0n) is 36.9. The molecule has 0 bridgehead atoms. The fourth-order valence-electron chi connectivity index (χ4n) is 6.40. The summed E-state index contributed by atoms with van der Waals surface area (Å²) in [7, 11) is -5.14. The van der Waals surface area contributed by atoms with Gasteiger partial charge in [-0.05, 0) is 64.2 Å². The van der Waals surface area contributed by atoms with Gasteiger partial charge in [-0.15, -0.1) is 0 Å². The SMILES string of the molecule is CC/C=C/C/C=C/C/C=C/C/C=C/C/C=C/CCCC(=O)OC[C@@H](COP(=O)(O)OC1C(O)C(O)C(O)[C@H](O)C1O)OC(=O)CC/C=C/CCCCCCCCCCCCC. The average molecular weight is 883 g/mol. The van der Waals surface area contributed by atoms with Crippen LogP contribution in [0.2, 0.25) is 0 Å². The maximum absolute atomic E-state index is 12.8. The van der Waals surface area contributed by atoms with Crippen molar-refractivity contribution in [3.63, 3.8) is 0 Å². The number of unbranched alkanes of at least 4 members (excludes halogenated alkanes) is 12. The number of carbonyl (C=O) groups excluding carboxylic acids is 2. The molecule has 0 saturated heterocycles. The monoisotopic (exact) mass is 883 g/mol. The molecule has 0 aromatic heterocycles. The zero-order valence-corrected chi connectivity index (χ0v) is 37.8. The van der Waals surface area contributed by atoms with E-state index < -0.39 is 75.7 Å². The van der Waals surface area contributed by atoms with Gasteiger partial charge in [0.25, 0.3) is 0 Å². The third kappa shape index (κ3) is 29.3. The molecule has 0 aromatic rings. The molecule has 350 valence electrons. The predicted octanol–water partition coefficient (Wildman–Crippen LogP) is 8.72. The molecule has 1 aliphatic carbocycles. The summed E-state index contributed by atoms with van der Waals surface area (Å²) in [4.78, 5) is 35.6. The van der Waals surface area contributed by atoms with E-state index in [4.69, 9.17) is 18.5 Å². The molecule has 0 spiro atoms. The third-order valence-electron chi connectivity index (χ3n) is 10.0. The number of rotatable bonds is 36. The smallest absolute Gasteiger partial charge is 0.462 e. The van der Waals surface area contributed by atoms with E-state index in [1.54, 1.807) is 0 Å². The van der Waals surface area contributed by atoms with Crippen molar-refractivity contribution < 1.29 is 63.1 Å². The molecule has 14 heteroatoms. The Labute approximate surface area is 365 Å². The Morgan fingerprint density at radius 2 is 0.967 bits per heavy atom. The van der Waals surface area contributed by atoms with Gasteiger partial charge in [-0.25, -0.2) is 4.57 Å². The molecule has 13 nitrogen and oxygen atoms in total. The Hall–Kier alpha value is -2.71. The van der Waals surface area contributed by atoms with E-state index in [2.05, 4.69) is 62.5 Å². The normalized spacial score (nSPS) is 22.7. The number of ether oxygens (including phenoxy) is 2. The number of hydrogen-bond acceptors (Lipinski definition) is 12. The highest BCUT2D eigenvalue weighted by molar-refractivity contribution is 7.47. The lowest BCUT2D eigenvalue weighted by Crippen LogP contribution is -2.64. The van der Waals surface area contributed by atoms with Crippen LogP contribution in [0, 0.1) is 0 Å². The largest absolute Gasteiger partial charge is 0.472 e. The quantitative estimate of drug-likeness (QED) is 0.0151. The molecule has 61 heavy (non-hydrogen) atoms. The Kier molecular flexibility index (Phi) is 33.9. The first-order valence-electron chi connectivity index (χ1n) is 22.7. The Bertz CT molecular complexity index is 1340. The number of carbonyl (C=O) groups is 2. The third-order valence-corrected chi connectivity index (χ3v) is 11.0. The molecule has 1 fully saturated rings. The number of aliphatic hydroxyl groups excluding tert-OH is 5. The van der Waals surface area contributed by atoms with Gasteiger partial charge in [-0.2, -0.15) is 0 Å². The number of allylic oxidation sites excluding steroid dienone is 12. The highest BCUT2D eigenvalue weighted by Gasteiger charge is 2.51. The number of phosphoric ester groups is 1. The lowest BCUT2D eigenvalue weighted by Gasteiger charge is -2.41. The lowest BCUT2D eigenvalue weighted by molar-refractivity contribution is -0.220. The van der Waals surface area contributed by atoms with Crippen LogP contribution in [-0.4, -0.2) is 98.3 Å². The summed E-state index contributed by atoms with van der Waals surface area (Å²) in [6, 6.07) is 0. The van der Waals surface area contributed by atoms with Crippen molar-refractivity contribution in [1.29, 1.82) is 0 Å². The standard InChI is InChI=1S/C47H79O13P/c1-3-5-7-9-11-13-15-17-19-20-22-23-25-27-29-31-33-35-40(48)57-37-39(38-58-61(55,56)60-47-45(53)43(51)42(50)44(52)46(47)54)59-41(49)36-34-32-30-28-26-24-21-18-16-14-12-10-8-6-4-2/h5,7,11,13,17,19,22-23,27,29-30,32,39,42-47,50-54H,3-4,6,8-10,12,14-16,18,20-21,24-26,28,31,33-38H2,1-2H3,(H,55,56)/b7-5+,13-11+,19-17+,23-22+,29-27+,32-30+/t39-,42?,43-,44?,45?,46?,47?/m0/s1. The summed E-state index contributed by atoms with van der Waals surface area (Å²) < 4.78 is 33.4. The van der Waals surface area contributed by atoms with E-state index in [-0.39, 0.29) is 12.8 Å². The van der Waals surface area contributed by atoms with E-state index in [1.165, 1.54) is 57.8 Å². The summed E-state index contributed by atoms with van der Waals surface area (Å²) in [5.74, 6) is -1.23. The molecule has 0 amide bonds. The van der Waals surface area contributed by atoms with Crippen molar-refractivity contribution in [2.75, 3.05) is 13.2 Å². The zero-order chi connectivity index (χ0) is 45.0. The molecule has 6 N–H and O–H groups in total. The molecule has 0 aliphatic heterocycles. The molecule has 6 unspecified atom stereocenters. The molecule has 0 aromatic carbocycles. The van der Waals surface area contributed by atoms with Crippen LogP contribution in [0.15, 0.2) is 72.9 Å². The van der Waals surface area contributed by atoms with Crippen molar-refractivity contribution >= 4 is 19.8 Å². The maximum atomic E-state index is 12.8. The predicted molar refractivity (Wildman–Crippen MR) is 239 cm³/mol. The van der Waals surface area contributed by atoms with E-state index in [0.717, 1.165) is 51.4 Å². The van der Waals surface area contributed by atoms with Crippen molar-refractivity contribution in [3.8, 4) is 0 Å². The van der Waals surface area contributed by atoms with Crippen LogP contribution in [-0.2, 0) is 32.7 Å². The first-order chi connectivity index (χ1) is 29.4. The van der Waals surface area contributed by atoms with Crippen LogP contribution in [0.25, 0.3) is 0 Å². The summed E-state index contributed by atoms with van der Waals surface area (Å²) in [5.41, 5.74) is 0. The first-order valence-corrected chi connectivity index (χ1v) is 24.2. The number of aliphatic hydroxyl groups is 5. The van der Waals surface area contributed by atoms with E-state index in [0.29, 0.717) is 19.3 Å². The minimum atomic E-state index is -5.14. The number of hydrogen-bond donors (Lipinski definition) is 6. The van der Waals surface area contributed by atoms with Crippen LogP contribution >= 0.6 is 7.82 Å². The van der Waals surface area contributed by atoms with Gasteiger partial charge < -0.3 is 39.9 Å². The van der Waals surface area contributed by atoms with Gasteiger partial charge in [0.15, 0.2) is 6.10 Å². The molecule has 1 rings (SSSR count). The van der Waals surface area contributed by atoms with Crippen LogP contribution in [0.5, 0.6) is 0 Å². The first kappa shape index (κ1) is 56.3. The van der Waals surface area contributed by atoms with Crippen molar-refractivity contribution in [2.24, 2.45) is 0 Å². The highest BCUT2D eigenvalue weighted by atomic mass is 31.2. The van der Waals surface area contributed by atoms with Crippen molar-refractivity contribution in [2.45, 2.75) is 198 Å². The number of esters is 2. The molecule has 0 radical (unpaired) electrons. The molecule has 1 aliphatic rings. The summed E-state index contributed by atoms with van der Waals surface area (Å²) in [6.45, 7) is 3.09. The summed E-state index contributed by atoms with van der Waals surface area (Å²) >= 11 is 0. The second kappa shape index (κ2) is 36.7. The van der Waals surface area contributed by atoms with Gasteiger partial charge in [0.05, 0.1) is 6.61 Å². The van der Waals surface area contributed by atoms with Gasteiger partial charge in [0.2, 0.25) is 0 Å². The molecular formula is C47H79O13P. The average Bonchev–Trinajstić information content (AvgIpc) is 3.24. The Morgan fingerprint density at radius 3 is 1.51 bits per heavy atom. The molecule has 0 heterocycles. The van der Waals surface area contributed by atoms with Crippen LogP contribution in [0.3, 0.4) is 0 Å². The lowest BCUT2D eigenvalue weighted by atomic mass is 9.85. The fraction of sp³-hybridized carbons (Fsp3) is 0.702. The minimum Gasteiger partial charge on any atom is -0.462 e. The highest BCUT2D eigenvalue weighted by Crippen LogP contribution is 2.47. The van der Waals surface area contributed by atoms with Gasteiger partial charge >= 0.3 is 19.8 Å². The Balaban J connectivity index is 2.53. The van der Waals surface area contributed by atoms with Gasteiger partial charge in [-0.1, -0.05) is 151 Å². The molecular weight excluding hydrogens is 803 g/mol. The summed E-state index contributed by atoms with van der Waals surface area (Å²) in [5, 5.41) is 50.1. The van der Waals surface area contributed by atoms with Gasteiger partial charge in [0.1, 0.15) is 43.2 Å². The second-order valence-corrected chi connectivity index (χ2v) is 16.9. The minimum absolute atomic E-state index is 0.00169. The Morgan fingerprint density at radius 1 is 0.525 bits per heavy atom. The molecule has 1 saturated carbocycles. The van der Waals surface area contributed by atoms with Crippen LogP contribution in [0.4, 0.5) is 0 Å². The van der Waals surface area contributed by atoms with Crippen molar-refractivity contribution in [1.82, 2.24) is 0 Å².